The number of anilines is 2. The number of nitrogens with zero attached hydrogens (tertiary/aromatic N) is 6. The highest BCUT2D eigenvalue weighted by Gasteiger charge is 2.31. The Kier molecular flexibility index (Phi) is 6.32. The van der Waals surface area contributed by atoms with Gasteiger partial charge < -0.3 is 14.7 Å². The third-order valence-corrected chi connectivity index (χ3v) is 9.33. The number of aromatic nitrogens is 2. The second-order valence-electron chi connectivity index (χ2n) is 8.98. The number of hydrogen-bond acceptors (Lipinski definition) is 8. The zero-order valence-electron chi connectivity index (χ0n) is 19.6. The second-order valence-corrected chi connectivity index (χ2v) is 11.9. The van der Waals surface area contributed by atoms with Gasteiger partial charge in [-0.1, -0.05) is 18.7 Å². The van der Waals surface area contributed by atoms with E-state index < -0.39 is 10.0 Å². The summed E-state index contributed by atoms with van der Waals surface area (Å²) in [6.07, 6.45) is 1.61. The molecule has 0 spiro atoms. The first-order valence-electron chi connectivity index (χ1n) is 11.5. The first kappa shape index (κ1) is 23.2. The number of hydrogen-bond donors (Lipinski definition) is 0. The van der Waals surface area contributed by atoms with Crippen LogP contribution in [0.1, 0.15) is 6.92 Å². The van der Waals surface area contributed by atoms with Gasteiger partial charge in [0.2, 0.25) is 10.0 Å². The molecule has 34 heavy (non-hydrogen) atoms. The summed E-state index contributed by atoms with van der Waals surface area (Å²) in [5.41, 5.74) is 2.43. The lowest BCUT2D eigenvalue weighted by atomic mass is 10.1. The molecule has 2 aliphatic heterocycles. The smallest absolute Gasteiger partial charge is 0.235 e. The first-order chi connectivity index (χ1) is 16.4. The molecule has 0 unspecified atom stereocenters. The third kappa shape index (κ3) is 4.43. The second kappa shape index (κ2) is 9.26. The summed E-state index contributed by atoms with van der Waals surface area (Å²) in [7, 11) is -1.25. The number of sulfonamides is 1. The lowest BCUT2D eigenvalue weighted by molar-refractivity contribution is 0.313. The van der Waals surface area contributed by atoms with Crippen molar-refractivity contribution in [2.75, 3.05) is 62.7 Å². The molecule has 1 atom stereocenters. The van der Waals surface area contributed by atoms with Crippen molar-refractivity contribution in [3.63, 3.8) is 0 Å². The first-order valence-corrected chi connectivity index (χ1v) is 13.9. The molecule has 0 saturated carbocycles. The molecule has 2 fully saturated rings. The van der Waals surface area contributed by atoms with E-state index in [-0.39, 0.29) is 6.04 Å². The number of fused-ring (bicyclic) bond motifs is 1. The fraction of sp³-hybridized carbons (Fsp3) is 0.417. The average molecular weight is 499 g/mol. The van der Waals surface area contributed by atoms with E-state index >= 15 is 0 Å². The fourth-order valence-electron chi connectivity index (χ4n) is 4.69. The molecule has 1 aromatic carbocycles. The van der Waals surface area contributed by atoms with Crippen molar-refractivity contribution in [1.82, 2.24) is 19.2 Å². The molecule has 4 heterocycles. The van der Waals surface area contributed by atoms with E-state index in [1.54, 1.807) is 17.7 Å². The van der Waals surface area contributed by atoms with Gasteiger partial charge in [-0.15, -0.1) is 11.3 Å². The highest BCUT2D eigenvalue weighted by molar-refractivity contribution is 7.92. The van der Waals surface area contributed by atoms with Crippen LogP contribution in [-0.2, 0) is 10.0 Å². The lowest BCUT2D eigenvalue weighted by Crippen LogP contribution is -2.53. The molecule has 2 aliphatic rings. The minimum atomic E-state index is -3.41. The van der Waals surface area contributed by atoms with Gasteiger partial charge in [-0.3, -0.25) is 0 Å². The van der Waals surface area contributed by atoms with Gasteiger partial charge in [0.05, 0.1) is 5.39 Å². The predicted molar refractivity (Wildman–Crippen MR) is 140 cm³/mol. The highest BCUT2D eigenvalue weighted by Crippen LogP contribution is 2.37. The maximum absolute atomic E-state index is 12.2. The highest BCUT2D eigenvalue weighted by atomic mass is 32.2. The summed E-state index contributed by atoms with van der Waals surface area (Å²) in [5.74, 6) is 0.865. The van der Waals surface area contributed by atoms with Crippen LogP contribution in [0.3, 0.4) is 0 Å². The molecule has 2 aromatic heterocycles. The molecule has 8 nitrogen and oxygen atoms in total. The van der Waals surface area contributed by atoms with Gasteiger partial charge in [-0.25, -0.2) is 18.4 Å². The molecule has 5 rings (SSSR count). The Bertz CT molecular complexity index is 1280. The number of thiophene rings is 1. The molecule has 3 aromatic rings. The molecule has 0 aliphatic carbocycles. The number of benzene rings is 1. The third-order valence-electron chi connectivity index (χ3n) is 6.76. The average Bonchev–Trinajstić information content (AvgIpc) is 3.29. The van der Waals surface area contributed by atoms with Crippen LogP contribution in [-0.4, -0.2) is 86.5 Å². The van der Waals surface area contributed by atoms with Gasteiger partial charge in [-0.05, 0) is 37.7 Å². The Labute approximate surface area is 205 Å². The van der Waals surface area contributed by atoms with Crippen LogP contribution in [0.2, 0.25) is 0 Å². The monoisotopic (exact) mass is 498 g/mol. The van der Waals surface area contributed by atoms with Crippen molar-refractivity contribution in [2.24, 2.45) is 0 Å². The van der Waals surface area contributed by atoms with Crippen LogP contribution in [0, 0.1) is 0 Å². The van der Waals surface area contributed by atoms with E-state index in [2.05, 4.69) is 68.6 Å². The Morgan fingerprint density at radius 1 is 1.06 bits per heavy atom. The van der Waals surface area contributed by atoms with Crippen molar-refractivity contribution in [1.29, 1.82) is 0 Å². The molecular weight excluding hydrogens is 468 g/mol. The lowest BCUT2D eigenvalue weighted by Gasteiger charge is -2.39. The maximum atomic E-state index is 12.2. The van der Waals surface area contributed by atoms with E-state index in [4.69, 9.17) is 0 Å². The number of piperazine rings is 2. The molecule has 0 amide bonds. The van der Waals surface area contributed by atoms with Gasteiger partial charge in [0.1, 0.15) is 17.0 Å². The topological polar surface area (TPSA) is 72.9 Å². The van der Waals surface area contributed by atoms with Crippen molar-refractivity contribution < 1.29 is 8.42 Å². The Balaban J connectivity index is 1.38. The SMILES string of the molecule is C=CS(=O)(=O)N1CCN(c2ncnc3sc(-c4ccc(N5CCN(C)CC5)cc4)cc23)[C@@H](C)C1. The molecule has 2 saturated heterocycles. The molecular formula is C24H30N6O2S2. The van der Waals surface area contributed by atoms with Crippen LogP contribution in [0.25, 0.3) is 20.7 Å². The van der Waals surface area contributed by atoms with Gasteiger partial charge in [0, 0.05) is 67.8 Å². The molecule has 0 bridgehead atoms. The van der Waals surface area contributed by atoms with Crippen molar-refractivity contribution >= 4 is 43.1 Å². The summed E-state index contributed by atoms with van der Waals surface area (Å²) in [6.45, 7) is 11.2. The minimum Gasteiger partial charge on any atom is -0.369 e. The summed E-state index contributed by atoms with van der Waals surface area (Å²) in [5, 5.41) is 2.04. The zero-order chi connectivity index (χ0) is 23.9. The van der Waals surface area contributed by atoms with Crippen LogP contribution < -0.4 is 9.80 Å². The van der Waals surface area contributed by atoms with Crippen LogP contribution in [0.5, 0.6) is 0 Å². The van der Waals surface area contributed by atoms with Crippen molar-refractivity contribution in [2.45, 2.75) is 13.0 Å². The van der Waals surface area contributed by atoms with Gasteiger partial charge in [0.25, 0.3) is 0 Å². The zero-order valence-corrected chi connectivity index (χ0v) is 21.2. The van der Waals surface area contributed by atoms with Crippen molar-refractivity contribution in [3.8, 4) is 10.4 Å². The van der Waals surface area contributed by atoms with Crippen LogP contribution in [0.15, 0.2) is 48.6 Å². The van der Waals surface area contributed by atoms with Crippen LogP contribution >= 0.6 is 11.3 Å². The quantitative estimate of drug-likeness (QED) is 0.535. The fourth-order valence-corrected chi connectivity index (χ4v) is 6.66. The Morgan fingerprint density at radius 3 is 2.47 bits per heavy atom. The largest absolute Gasteiger partial charge is 0.369 e. The molecule has 10 heteroatoms. The van der Waals surface area contributed by atoms with Gasteiger partial charge in [-0.2, -0.15) is 4.31 Å². The van der Waals surface area contributed by atoms with Gasteiger partial charge in [0.15, 0.2) is 0 Å². The van der Waals surface area contributed by atoms with E-state index in [1.165, 1.54) is 15.6 Å². The Hall–Kier alpha value is -2.53. The standard InChI is InChI=1S/C24H30N6O2S2/c1-4-34(31,32)29-13-14-30(18(2)16-29)23-21-15-22(33-24(21)26-17-25-23)19-5-7-20(8-6-19)28-11-9-27(3)10-12-28/h4-8,15,17-18H,1,9-14,16H2,2-3H3/t18-/m0/s1. The summed E-state index contributed by atoms with van der Waals surface area (Å²) >= 11 is 1.66. The van der Waals surface area contributed by atoms with Gasteiger partial charge >= 0.3 is 0 Å². The summed E-state index contributed by atoms with van der Waals surface area (Å²) < 4.78 is 25.9. The number of likely N-dealkylation sites (N-methyl/N-ethyl adjacent to an activating group) is 1. The van der Waals surface area contributed by atoms with Crippen molar-refractivity contribution in [3.05, 3.63) is 48.6 Å². The predicted octanol–water partition coefficient (Wildman–Crippen LogP) is 3.09. The molecule has 180 valence electrons. The van der Waals surface area contributed by atoms with E-state index in [0.717, 1.165) is 52.5 Å². The van der Waals surface area contributed by atoms with E-state index in [0.29, 0.717) is 19.6 Å². The molecule has 0 N–H and O–H groups in total. The Morgan fingerprint density at radius 2 is 1.79 bits per heavy atom. The summed E-state index contributed by atoms with van der Waals surface area (Å²) in [6, 6.07) is 10.9. The minimum absolute atomic E-state index is 0.00667. The van der Waals surface area contributed by atoms with Crippen LogP contribution in [0.4, 0.5) is 11.5 Å². The summed E-state index contributed by atoms with van der Waals surface area (Å²) in [4.78, 5) is 18.2. The van der Waals surface area contributed by atoms with E-state index in [9.17, 15) is 8.42 Å². The number of rotatable bonds is 5. The normalized spacial score (nSPS) is 20.7. The molecule has 0 radical (unpaired) electrons. The van der Waals surface area contributed by atoms with E-state index in [1.807, 2.05) is 6.92 Å². The maximum Gasteiger partial charge on any atom is 0.235 e.